The van der Waals surface area contributed by atoms with Gasteiger partial charge >= 0.3 is 6.09 Å². The van der Waals surface area contributed by atoms with Crippen molar-refractivity contribution in [2.45, 2.75) is 13.8 Å². The molecule has 0 fully saturated rings. The first-order valence-corrected chi connectivity index (χ1v) is 6.05. The van der Waals surface area contributed by atoms with Crippen molar-refractivity contribution >= 4 is 12.3 Å². The van der Waals surface area contributed by atoms with E-state index in [9.17, 15) is 4.79 Å². The molecular formula is C15H20N2O2. The highest BCUT2D eigenvalue weighted by molar-refractivity contribution is 5.77. The van der Waals surface area contributed by atoms with E-state index in [0.29, 0.717) is 11.4 Å². The van der Waals surface area contributed by atoms with E-state index in [1.54, 1.807) is 43.6 Å². The van der Waals surface area contributed by atoms with Gasteiger partial charge in [-0.1, -0.05) is 38.6 Å². The van der Waals surface area contributed by atoms with E-state index in [0.717, 1.165) is 0 Å². The Morgan fingerprint density at radius 3 is 2.47 bits per heavy atom. The van der Waals surface area contributed by atoms with Crippen molar-refractivity contribution in [1.82, 2.24) is 5.32 Å². The Morgan fingerprint density at radius 1 is 1.32 bits per heavy atom. The molecule has 0 atom stereocenters. The molecule has 0 aromatic heterocycles. The van der Waals surface area contributed by atoms with Gasteiger partial charge in [-0.15, -0.1) is 0 Å². The van der Waals surface area contributed by atoms with Crippen molar-refractivity contribution in [3.05, 3.63) is 54.8 Å². The van der Waals surface area contributed by atoms with Crippen LogP contribution in [0.2, 0.25) is 0 Å². The van der Waals surface area contributed by atoms with Crippen LogP contribution < -0.4 is 10.1 Å². The largest absolute Gasteiger partial charge is 0.417 e. The first-order valence-electron chi connectivity index (χ1n) is 6.05. The highest BCUT2D eigenvalue weighted by Crippen LogP contribution is 2.08. The number of para-hydroxylation sites is 1. The van der Waals surface area contributed by atoms with Crippen LogP contribution >= 0.6 is 0 Å². The van der Waals surface area contributed by atoms with Gasteiger partial charge in [0, 0.05) is 19.0 Å². The molecule has 1 aromatic rings. The summed E-state index contributed by atoms with van der Waals surface area (Å²) in [5.74, 6) is 0.484. The minimum absolute atomic E-state index is 0.484. The summed E-state index contributed by atoms with van der Waals surface area (Å²) in [7, 11) is 1.64. The Bertz CT molecular complexity index is 437. The number of nitrogens with zero attached hydrogens (tertiary/aromatic N) is 1. The lowest BCUT2D eigenvalue weighted by Gasteiger charge is -2.06. The van der Waals surface area contributed by atoms with Crippen LogP contribution in [0.3, 0.4) is 0 Å². The fourth-order valence-electron chi connectivity index (χ4n) is 1.05. The quantitative estimate of drug-likeness (QED) is 0.664. The maximum absolute atomic E-state index is 11.5. The smallest absolute Gasteiger partial charge is 0.410 e. The summed E-state index contributed by atoms with van der Waals surface area (Å²) in [6.45, 7) is 7.57. The first kappa shape index (κ1) is 16.6. The number of carbonyl (C=O) groups is 1. The van der Waals surface area contributed by atoms with Crippen molar-refractivity contribution in [3.8, 4) is 5.75 Å². The van der Waals surface area contributed by atoms with Gasteiger partial charge in [0.1, 0.15) is 5.75 Å². The lowest BCUT2D eigenvalue weighted by molar-refractivity contribution is 0.204. The van der Waals surface area contributed by atoms with Crippen molar-refractivity contribution in [3.63, 3.8) is 0 Å². The summed E-state index contributed by atoms with van der Waals surface area (Å²) in [4.78, 5) is 15.3. The van der Waals surface area contributed by atoms with E-state index < -0.39 is 6.09 Å². The lowest BCUT2D eigenvalue weighted by atomic mass is 10.3. The Labute approximate surface area is 114 Å². The third-order valence-electron chi connectivity index (χ3n) is 1.82. The molecule has 0 unspecified atom stereocenters. The fraction of sp³-hybridized carbons (Fsp3) is 0.200. The molecule has 0 aliphatic heterocycles. The molecule has 0 aliphatic carbocycles. The van der Waals surface area contributed by atoms with Gasteiger partial charge in [0.25, 0.3) is 0 Å². The van der Waals surface area contributed by atoms with Crippen LogP contribution in [0, 0.1) is 0 Å². The van der Waals surface area contributed by atoms with Crippen LogP contribution in [0.4, 0.5) is 4.79 Å². The van der Waals surface area contributed by atoms with Crippen molar-refractivity contribution in [1.29, 1.82) is 0 Å². The molecule has 4 nitrogen and oxygen atoms in total. The van der Waals surface area contributed by atoms with E-state index in [2.05, 4.69) is 16.9 Å². The van der Waals surface area contributed by atoms with Crippen LogP contribution in [0.1, 0.15) is 13.8 Å². The number of amides is 1. The van der Waals surface area contributed by atoms with E-state index in [-0.39, 0.29) is 0 Å². The SMILES string of the molecule is C=C/C(=C\C=NC)NC(=O)Oc1ccccc1.CC. The van der Waals surface area contributed by atoms with Gasteiger partial charge < -0.3 is 4.74 Å². The molecule has 19 heavy (non-hydrogen) atoms. The molecule has 1 rings (SSSR count). The molecule has 0 radical (unpaired) electrons. The maximum Gasteiger partial charge on any atom is 0.417 e. The van der Waals surface area contributed by atoms with Crippen molar-refractivity contribution in [2.24, 2.45) is 4.99 Å². The number of nitrogens with one attached hydrogen (secondary N) is 1. The molecule has 0 bridgehead atoms. The average molecular weight is 260 g/mol. The highest BCUT2D eigenvalue weighted by Gasteiger charge is 2.03. The normalized spacial score (nSPS) is 10.4. The predicted molar refractivity (Wildman–Crippen MR) is 79.6 cm³/mol. The number of hydrogen-bond donors (Lipinski definition) is 1. The van der Waals surface area contributed by atoms with Gasteiger partial charge in [-0.25, -0.2) is 4.79 Å². The van der Waals surface area contributed by atoms with Crippen LogP contribution in [-0.2, 0) is 0 Å². The summed E-state index contributed by atoms with van der Waals surface area (Å²) < 4.78 is 5.04. The maximum atomic E-state index is 11.5. The summed E-state index contributed by atoms with van der Waals surface area (Å²) >= 11 is 0. The van der Waals surface area contributed by atoms with E-state index >= 15 is 0 Å². The Kier molecular flexibility index (Phi) is 9.43. The topological polar surface area (TPSA) is 50.7 Å². The molecule has 1 amide bonds. The zero-order valence-electron chi connectivity index (χ0n) is 11.6. The van der Waals surface area contributed by atoms with Gasteiger partial charge in [0.15, 0.2) is 0 Å². The summed E-state index contributed by atoms with van der Waals surface area (Å²) in [6.07, 6.45) is 4.12. The monoisotopic (exact) mass is 260 g/mol. The van der Waals surface area contributed by atoms with Crippen molar-refractivity contribution in [2.75, 3.05) is 7.05 Å². The van der Waals surface area contributed by atoms with Crippen LogP contribution in [0.15, 0.2) is 59.8 Å². The number of benzene rings is 1. The second kappa shape index (κ2) is 10.8. The van der Waals surface area contributed by atoms with E-state index in [1.165, 1.54) is 6.08 Å². The lowest BCUT2D eigenvalue weighted by Crippen LogP contribution is -2.25. The van der Waals surface area contributed by atoms with E-state index in [1.807, 2.05) is 19.9 Å². The van der Waals surface area contributed by atoms with Gasteiger partial charge in [0.2, 0.25) is 0 Å². The predicted octanol–water partition coefficient (Wildman–Crippen LogP) is 3.57. The van der Waals surface area contributed by atoms with Gasteiger partial charge in [0.05, 0.1) is 0 Å². The van der Waals surface area contributed by atoms with Crippen LogP contribution in [0.25, 0.3) is 0 Å². The molecule has 1 aromatic carbocycles. The molecule has 0 spiro atoms. The number of rotatable bonds is 4. The van der Waals surface area contributed by atoms with Crippen molar-refractivity contribution < 1.29 is 9.53 Å². The first-order chi connectivity index (χ1) is 9.26. The standard InChI is InChI=1S/C13H14N2O2.C2H6/c1-3-11(9-10-14-2)15-13(16)17-12-7-5-4-6-8-12;1-2/h3-10H,1H2,2H3,(H,15,16);1-2H3/b11-9+,14-10?;. The number of hydrogen-bond acceptors (Lipinski definition) is 3. The van der Waals surface area contributed by atoms with Gasteiger partial charge in [-0.2, -0.15) is 0 Å². The van der Waals surface area contributed by atoms with Crippen LogP contribution in [0.5, 0.6) is 5.75 Å². The summed E-state index contributed by atoms with van der Waals surface area (Å²) in [5.41, 5.74) is 0.525. The summed E-state index contributed by atoms with van der Waals surface area (Å²) in [6, 6.07) is 8.82. The second-order valence-electron chi connectivity index (χ2n) is 3.06. The summed E-state index contributed by atoms with van der Waals surface area (Å²) in [5, 5.41) is 2.54. The Balaban J connectivity index is 0.00000154. The van der Waals surface area contributed by atoms with E-state index in [4.69, 9.17) is 4.74 Å². The molecule has 0 saturated heterocycles. The zero-order valence-corrected chi connectivity index (χ0v) is 11.6. The Morgan fingerprint density at radius 2 is 1.95 bits per heavy atom. The number of aliphatic imine (C=N–C) groups is 1. The minimum Gasteiger partial charge on any atom is -0.410 e. The zero-order chi connectivity index (χ0) is 14.5. The molecule has 0 heterocycles. The highest BCUT2D eigenvalue weighted by atomic mass is 16.6. The average Bonchev–Trinajstić information content (AvgIpc) is 2.46. The van der Waals surface area contributed by atoms with Gasteiger partial charge in [-0.3, -0.25) is 10.3 Å². The molecule has 0 saturated carbocycles. The number of allylic oxidation sites excluding steroid dienone is 2. The fourth-order valence-corrected chi connectivity index (χ4v) is 1.05. The molecule has 4 heteroatoms. The van der Waals surface area contributed by atoms with Gasteiger partial charge in [-0.05, 0) is 24.3 Å². The second-order valence-corrected chi connectivity index (χ2v) is 3.06. The molecule has 0 aliphatic rings. The third-order valence-corrected chi connectivity index (χ3v) is 1.82. The molecular weight excluding hydrogens is 240 g/mol. The number of carbonyl (C=O) groups excluding carboxylic acids is 1. The minimum atomic E-state index is -0.563. The third kappa shape index (κ3) is 7.54. The molecule has 102 valence electrons. The van der Waals surface area contributed by atoms with Crippen LogP contribution in [-0.4, -0.2) is 19.4 Å². The molecule has 1 N–H and O–H groups in total. The number of ether oxygens (including phenoxy) is 1. The Hall–Kier alpha value is -2.36.